The van der Waals surface area contributed by atoms with Crippen LogP contribution in [0.3, 0.4) is 0 Å². The van der Waals surface area contributed by atoms with Crippen LogP contribution in [0.5, 0.6) is 0 Å². The molecule has 0 radical (unpaired) electrons. The molecule has 1 aromatic carbocycles. The average Bonchev–Trinajstić information content (AvgIpc) is 3.01. The van der Waals surface area contributed by atoms with Crippen molar-refractivity contribution in [3.63, 3.8) is 0 Å². The van der Waals surface area contributed by atoms with Crippen LogP contribution in [0, 0.1) is 0 Å². The maximum absolute atomic E-state index is 12.8. The molecule has 1 fully saturated rings. The number of hydrogen-bond acceptors (Lipinski definition) is 3. The topological polar surface area (TPSA) is 50.2 Å². The summed E-state index contributed by atoms with van der Waals surface area (Å²) in [6, 6.07) is 5.38. The fraction of sp³-hybridized carbons (Fsp3) is 0.444. The molecule has 2 aromatic rings. The molecule has 2 heterocycles. The minimum absolute atomic E-state index is 0.0257. The summed E-state index contributed by atoms with van der Waals surface area (Å²) in [5.41, 5.74) is 0.495. The summed E-state index contributed by atoms with van der Waals surface area (Å²) in [7, 11) is 1.74. The summed E-state index contributed by atoms with van der Waals surface area (Å²) in [6.07, 6.45) is 0.567. The highest BCUT2D eigenvalue weighted by atomic mass is 19.4. The van der Waals surface area contributed by atoms with Crippen molar-refractivity contribution in [1.29, 1.82) is 0 Å². The Balaban J connectivity index is 1.59. The van der Waals surface area contributed by atoms with Gasteiger partial charge in [0, 0.05) is 32.4 Å². The van der Waals surface area contributed by atoms with Crippen molar-refractivity contribution < 1.29 is 18.0 Å². The highest BCUT2D eigenvalue weighted by Gasteiger charge is 2.30. The number of aromatic nitrogens is 2. The second-order valence-electron chi connectivity index (χ2n) is 6.65. The van der Waals surface area contributed by atoms with Crippen LogP contribution in [0.1, 0.15) is 34.3 Å². The SMILES string of the molecule is Cn1cc(C(=O)NC2CCCN(Cc3cccc(C(F)(F)F)c3)C2)cn1. The Hall–Kier alpha value is -2.35. The lowest BCUT2D eigenvalue weighted by Gasteiger charge is -2.33. The van der Waals surface area contributed by atoms with E-state index in [4.69, 9.17) is 0 Å². The molecule has 1 saturated heterocycles. The van der Waals surface area contributed by atoms with Gasteiger partial charge in [-0.05, 0) is 31.0 Å². The molecule has 1 aromatic heterocycles. The predicted molar refractivity (Wildman–Crippen MR) is 90.4 cm³/mol. The first-order valence-corrected chi connectivity index (χ1v) is 8.49. The van der Waals surface area contributed by atoms with E-state index in [-0.39, 0.29) is 11.9 Å². The summed E-state index contributed by atoms with van der Waals surface area (Å²) >= 11 is 0. The Kier molecular flexibility index (Phi) is 5.31. The number of benzene rings is 1. The van der Waals surface area contributed by atoms with Crippen LogP contribution in [-0.2, 0) is 19.8 Å². The van der Waals surface area contributed by atoms with E-state index >= 15 is 0 Å². The number of alkyl halides is 3. The van der Waals surface area contributed by atoms with Crippen molar-refractivity contribution in [2.75, 3.05) is 13.1 Å². The summed E-state index contributed by atoms with van der Waals surface area (Å²) in [4.78, 5) is 14.3. The van der Waals surface area contributed by atoms with Gasteiger partial charge in [-0.15, -0.1) is 0 Å². The normalized spacial score (nSPS) is 18.7. The molecule has 5 nitrogen and oxygen atoms in total. The minimum Gasteiger partial charge on any atom is -0.348 e. The molecule has 0 saturated carbocycles. The number of aryl methyl sites for hydroxylation is 1. The highest BCUT2D eigenvalue weighted by Crippen LogP contribution is 2.30. The third kappa shape index (κ3) is 4.63. The molecule has 0 bridgehead atoms. The minimum atomic E-state index is -4.34. The largest absolute Gasteiger partial charge is 0.416 e. The molecule has 1 aliphatic heterocycles. The van der Waals surface area contributed by atoms with E-state index < -0.39 is 11.7 Å². The van der Waals surface area contributed by atoms with E-state index in [9.17, 15) is 18.0 Å². The molecule has 1 N–H and O–H groups in total. The van der Waals surface area contributed by atoms with E-state index in [1.807, 2.05) is 0 Å². The van der Waals surface area contributed by atoms with Crippen molar-refractivity contribution in [1.82, 2.24) is 20.0 Å². The maximum atomic E-state index is 12.8. The van der Waals surface area contributed by atoms with Crippen molar-refractivity contribution in [3.8, 4) is 0 Å². The summed E-state index contributed by atoms with van der Waals surface area (Å²) in [5.74, 6) is -0.177. The van der Waals surface area contributed by atoms with Gasteiger partial charge in [0.25, 0.3) is 5.91 Å². The van der Waals surface area contributed by atoms with Gasteiger partial charge in [0.05, 0.1) is 17.3 Å². The molecular weight excluding hydrogens is 345 g/mol. The number of nitrogens with one attached hydrogen (secondary N) is 1. The van der Waals surface area contributed by atoms with Crippen molar-refractivity contribution in [2.45, 2.75) is 31.6 Å². The Labute approximate surface area is 149 Å². The third-order valence-electron chi connectivity index (χ3n) is 4.47. The van der Waals surface area contributed by atoms with Gasteiger partial charge < -0.3 is 5.32 Å². The lowest BCUT2D eigenvalue weighted by Crippen LogP contribution is -2.47. The summed E-state index contributed by atoms with van der Waals surface area (Å²) in [6.45, 7) is 1.85. The lowest BCUT2D eigenvalue weighted by atomic mass is 10.0. The van der Waals surface area contributed by atoms with E-state index in [1.54, 1.807) is 24.0 Å². The standard InChI is InChI=1S/C18H21F3N4O/c1-24-11-14(9-22-24)17(26)23-16-6-3-7-25(12-16)10-13-4-2-5-15(8-13)18(19,20)21/h2,4-5,8-9,11,16H,3,6-7,10,12H2,1H3,(H,23,26). The lowest BCUT2D eigenvalue weighted by molar-refractivity contribution is -0.137. The fourth-order valence-electron chi connectivity index (χ4n) is 3.23. The smallest absolute Gasteiger partial charge is 0.348 e. The molecule has 26 heavy (non-hydrogen) atoms. The maximum Gasteiger partial charge on any atom is 0.416 e. The monoisotopic (exact) mass is 366 g/mol. The van der Waals surface area contributed by atoms with Crippen molar-refractivity contribution >= 4 is 5.91 Å². The van der Waals surface area contributed by atoms with Gasteiger partial charge in [-0.25, -0.2) is 0 Å². The Morgan fingerprint density at radius 1 is 1.38 bits per heavy atom. The molecule has 0 aliphatic carbocycles. The summed E-state index contributed by atoms with van der Waals surface area (Å²) in [5, 5.41) is 6.97. The second-order valence-corrected chi connectivity index (χ2v) is 6.65. The molecule has 0 spiro atoms. The molecule has 140 valence electrons. The molecule has 1 atom stereocenters. The van der Waals surface area contributed by atoms with Crippen LogP contribution in [0.2, 0.25) is 0 Å². The number of likely N-dealkylation sites (tertiary alicyclic amines) is 1. The van der Waals surface area contributed by atoms with E-state index in [1.165, 1.54) is 18.3 Å². The predicted octanol–water partition coefficient (Wildman–Crippen LogP) is 2.83. The number of halogens is 3. The number of piperidine rings is 1. The van der Waals surface area contributed by atoms with Crippen LogP contribution in [0.4, 0.5) is 13.2 Å². The van der Waals surface area contributed by atoms with Crippen LogP contribution < -0.4 is 5.32 Å². The van der Waals surface area contributed by atoms with Crippen molar-refractivity contribution in [3.05, 3.63) is 53.3 Å². The average molecular weight is 366 g/mol. The Bertz CT molecular complexity index is 772. The zero-order chi connectivity index (χ0) is 18.7. The molecule has 8 heteroatoms. The molecule has 1 unspecified atom stereocenters. The van der Waals surface area contributed by atoms with E-state index in [0.29, 0.717) is 24.2 Å². The number of amides is 1. The van der Waals surface area contributed by atoms with Gasteiger partial charge in [-0.3, -0.25) is 14.4 Å². The zero-order valence-corrected chi connectivity index (χ0v) is 14.5. The van der Waals surface area contributed by atoms with Gasteiger partial charge in [0.1, 0.15) is 0 Å². The van der Waals surface area contributed by atoms with E-state index in [2.05, 4.69) is 15.3 Å². The van der Waals surface area contributed by atoms with Gasteiger partial charge in [-0.2, -0.15) is 18.3 Å². The Morgan fingerprint density at radius 2 is 2.19 bits per heavy atom. The summed E-state index contributed by atoms with van der Waals surface area (Å²) < 4.78 is 40.1. The first-order valence-electron chi connectivity index (χ1n) is 8.49. The number of hydrogen-bond donors (Lipinski definition) is 1. The zero-order valence-electron chi connectivity index (χ0n) is 14.5. The van der Waals surface area contributed by atoms with E-state index in [0.717, 1.165) is 25.5 Å². The van der Waals surface area contributed by atoms with Gasteiger partial charge in [0.15, 0.2) is 0 Å². The number of nitrogens with zero attached hydrogens (tertiary/aromatic N) is 3. The first kappa shape index (κ1) is 18.4. The van der Waals surface area contributed by atoms with Crippen molar-refractivity contribution in [2.24, 2.45) is 7.05 Å². The third-order valence-corrected chi connectivity index (χ3v) is 4.47. The molecule has 1 aliphatic rings. The van der Waals surface area contributed by atoms with Crippen LogP contribution in [-0.4, -0.2) is 39.7 Å². The number of rotatable bonds is 4. The molecule has 1 amide bonds. The number of carbonyl (C=O) groups is 1. The second kappa shape index (κ2) is 7.49. The van der Waals surface area contributed by atoms with Gasteiger partial charge in [0.2, 0.25) is 0 Å². The fourth-order valence-corrected chi connectivity index (χ4v) is 3.23. The quantitative estimate of drug-likeness (QED) is 0.905. The Morgan fingerprint density at radius 3 is 2.88 bits per heavy atom. The van der Waals surface area contributed by atoms with Crippen LogP contribution >= 0.6 is 0 Å². The van der Waals surface area contributed by atoms with Crippen LogP contribution in [0.25, 0.3) is 0 Å². The van der Waals surface area contributed by atoms with Gasteiger partial charge >= 0.3 is 6.18 Å². The highest BCUT2D eigenvalue weighted by molar-refractivity contribution is 5.93. The molecule has 3 rings (SSSR count). The van der Waals surface area contributed by atoms with Gasteiger partial charge in [-0.1, -0.05) is 18.2 Å². The van der Waals surface area contributed by atoms with Crippen LogP contribution in [0.15, 0.2) is 36.7 Å². The first-order chi connectivity index (χ1) is 12.3. The number of carbonyl (C=O) groups excluding carboxylic acids is 1. The molecular formula is C18H21F3N4O.